The van der Waals surface area contributed by atoms with Gasteiger partial charge in [-0.1, -0.05) is 33.8 Å². The molecule has 0 saturated carbocycles. The Morgan fingerprint density at radius 2 is 2.00 bits per heavy atom. The molecule has 0 saturated heterocycles. The molecular weight excluding hydrogens is 266 g/mol. The Morgan fingerprint density at radius 1 is 1.33 bits per heavy atom. The van der Waals surface area contributed by atoms with Crippen molar-refractivity contribution in [3.8, 4) is 11.4 Å². The lowest BCUT2D eigenvalue weighted by Gasteiger charge is -2.31. The number of rotatable bonds is 4. The first-order valence-corrected chi connectivity index (χ1v) is 7.01. The third-order valence-electron chi connectivity index (χ3n) is 4.41. The number of aryl methyl sites for hydroxylation is 1. The predicted molar refractivity (Wildman–Crippen MR) is 83.2 cm³/mol. The molecule has 0 aliphatic rings. The Kier molecular flexibility index (Phi) is 3.85. The van der Waals surface area contributed by atoms with Crippen LogP contribution in [0.5, 0.6) is 0 Å². The van der Waals surface area contributed by atoms with Crippen LogP contribution in [-0.4, -0.2) is 14.5 Å². The summed E-state index contributed by atoms with van der Waals surface area (Å²) < 4.78 is 1.89. The first-order chi connectivity index (χ1) is 9.75. The van der Waals surface area contributed by atoms with E-state index in [0.29, 0.717) is 5.92 Å². The highest BCUT2D eigenvalue weighted by Gasteiger charge is 2.29. The van der Waals surface area contributed by atoms with E-state index >= 15 is 0 Å². The van der Waals surface area contributed by atoms with E-state index in [9.17, 15) is 10.1 Å². The number of benzene rings is 1. The maximum atomic E-state index is 11.1. The molecule has 0 N–H and O–H groups in total. The monoisotopic (exact) mass is 287 g/mol. The molecule has 112 valence electrons. The Balaban J connectivity index is 2.72. The van der Waals surface area contributed by atoms with Crippen molar-refractivity contribution in [1.29, 1.82) is 0 Å². The number of nitrogens with zero attached hydrogens (tertiary/aromatic N) is 3. The van der Waals surface area contributed by atoms with Crippen molar-refractivity contribution in [3.63, 3.8) is 0 Å². The van der Waals surface area contributed by atoms with E-state index in [1.165, 1.54) is 0 Å². The summed E-state index contributed by atoms with van der Waals surface area (Å²) in [5, 5.41) is 11.1. The summed E-state index contributed by atoms with van der Waals surface area (Å²) in [5.74, 6) is 1.15. The first-order valence-electron chi connectivity index (χ1n) is 7.01. The van der Waals surface area contributed by atoms with Crippen LogP contribution in [0.25, 0.3) is 11.4 Å². The van der Waals surface area contributed by atoms with Crippen LogP contribution >= 0.6 is 0 Å². The van der Waals surface area contributed by atoms with Gasteiger partial charge in [-0.3, -0.25) is 10.1 Å². The largest absolute Gasteiger partial charge is 0.334 e. The standard InChI is InChI=1S/C16H21N3O2/c1-11(2)16(3,4)14-7-6-12(19(20)21)10-13(14)15-17-8-9-18(15)5/h6-11H,1-5H3. The molecule has 21 heavy (non-hydrogen) atoms. The van der Waals surface area contributed by atoms with Crippen molar-refractivity contribution in [2.45, 2.75) is 33.1 Å². The van der Waals surface area contributed by atoms with Crippen LogP contribution in [-0.2, 0) is 12.5 Å². The number of hydrogen-bond acceptors (Lipinski definition) is 3. The molecule has 0 bridgehead atoms. The van der Waals surface area contributed by atoms with E-state index in [-0.39, 0.29) is 16.0 Å². The minimum atomic E-state index is -0.363. The fourth-order valence-electron chi connectivity index (χ4n) is 2.33. The number of imidazole rings is 1. The first kappa shape index (κ1) is 15.2. The second-order valence-electron chi connectivity index (χ2n) is 6.23. The zero-order valence-electron chi connectivity index (χ0n) is 13.1. The van der Waals surface area contributed by atoms with Gasteiger partial charge in [0.2, 0.25) is 0 Å². The van der Waals surface area contributed by atoms with E-state index in [2.05, 4.69) is 32.7 Å². The summed E-state index contributed by atoms with van der Waals surface area (Å²) in [5.41, 5.74) is 1.90. The van der Waals surface area contributed by atoms with Gasteiger partial charge in [0.05, 0.1) is 4.92 Å². The average Bonchev–Trinajstić information content (AvgIpc) is 2.83. The smallest absolute Gasteiger partial charge is 0.270 e. The molecular formula is C16H21N3O2. The topological polar surface area (TPSA) is 61.0 Å². The molecule has 1 heterocycles. The van der Waals surface area contributed by atoms with Gasteiger partial charge in [0, 0.05) is 37.1 Å². The van der Waals surface area contributed by atoms with Crippen LogP contribution in [0.4, 0.5) is 5.69 Å². The SMILES string of the molecule is CC(C)C(C)(C)c1ccc([N+](=O)[O-])cc1-c1nccn1C. The van der Waals surface area contributed by atoms with E-state index < -0.39 is 0 Å². The zero-order chi connectivity index (χ0) is 15.8. The van der Waals surface area contributed by atoms with Gasteiger partial charge in [-0.25, -0.2) is 4.98 Å². The van der Waals surface area contributed by atoms with Crippen LogP contribution in [0.3, 0.4) is 0 Å². The average molecular weight is 287 g/mol. The summed E-state index contributed by atoms with van der Waals surface area (Å²) in [6.07, 6.45) is 3.56. The molecule has 2 rings (SSSR count). The Morgan fingerprint density at radius 3 is 2.48 bits per heavy atom. The molecule has 0 fully saturated rings. The normalized spacial score (nSPS) is 11.9. The highest BCUT2D eigenvalue weighted by atomic mass is 16.6. The molecule has 0 unspecified atom stereocenters. The summed E-state index contributed by atoms with van der Waals surface area (Å²) in [6, 6.07) is 5.07. The fraction of sp³-hybridized carbons (Fsp3) is 0.438. The third kappa shape index (κ3) is 2.68. The summed E-state index contributed by atoms with van der Waals surface area (Å²) in [7, 11) is 1.90. The molecule has 1 aromatic heterocycles. The van der Waals surface area contributed by atoms with Crippen molar-refractivity contribution in [3.05, 3.63) is 46.3 Å². The highest BCUT2D eigenvalue weighted by Crippen LogP contribution is 2.39. The lowest BCUT2D eigenvalue weighted by molar-refractivity contribution is -0.384. The number of aromatic nitrogens is 2. The van der Waals surface area contributed by atoms with Gasteiger partial charge in [-0.2, -0.15) is 0 Å². The van der Waals surface area contributed by atoms with Crippen molar-refractivity contribution in [2.75, 3.05) is 0 Å². The number of nitro benzene ring substituents is 1. The Labute approximate surface area is 124 Å². The van der Waals surface area contributed by atoms with Crippen LogP contribution in [0, 0.1) is 16.0 Å². The predicted octanol–water partition coefficient (Wildman–Crippen LogP) is 3.93. The molecule has 1 aromatic carbocycles. The highest BCUT2D eigenvalue weighted by molar-refractivity contribution is 5.66. The number of hydrogen-bond donors (Lipinski definition) is 0. The zero-order valence-corrected chi connectivity index (χ0v) is 13.1. The van der Waals surface area contributed by atoms with E-state index in [0.717, 1.165) is 17.0 Å². The Hall–Kier alpha value is -2.17. The fourth-order valence-corrected chi connectivity index (χ4v) is 2.33. The molecule has 0 aliphatic carbocycles. The minimum Gasteiger partial charge on any atom is -0.334 e. The van der Waals surface area contributed by atoms with Gasteiger partial charge in [0.25, 0.3) is 5.69 Å². The minimum absolute atomic E-state index is 0.0938. The second kappa shape index (κ2) is 5.31. The van der Waals surface area contributed by atoms with Crippen molar-refractivity contribution in [1.82, 2.24) is 9.55 Å². The molecule has 0 atom stereocenters. The van der Waals surface area contributed by atoms with Crippen LogP contribution in [0.2, 0.25) is 0 Å². The van der Waals surface area contributed by atoms with E-state index in [1.807, 2.05) is 23.9 Å². The lowest BCUT2D eigenvalue weighted by atomic mass is 9.73. The lowest BCUT2D eigenvalue weighted by Crippen LogP contribution is -2.25. The molecule has 0 aliphatic heterocycles. The molecule has 0 amide bonds. The molecule has 0 radical (unpaired) electrons. The van der Waals surface area contributed by atoms with Crippen molar-refractivity contribution in [2.24, 2.45) is 13.0 Å². The molecule has 0 spiro atoms. The van der Waals surface area contributed by atoms with Crippen molar-refractivity contribution >= 4 is 5.69 Å². The van der Waals surface area contributed by atoms with E-state index in [1.54, 1.807) is 18.3 Å². The maximum absolute atomic E-state index is 11.1. The number of non-ortho nitro benzene ring substituents is 1. The number of nitro groups is 1. The van der Waals surface area contributed by atoms with Crippen LogP contribution in [0.1, 0.15) is 33.3 Å². The summed E-state index contributed by atoms with van der Waals surface area (Å²) >= 11 is 0. The van der Waals surface area contributed by atoms with Gasteiger partial charge in [-0.05, 0) is 16.9 Å². The van der Waals surface area contributed by atoms with Gasteiger partial charge in [0.1, 0.15) is 5.82 Å². The van der Waals surface area contributed by atoms with Gasteiger partial charge >= 0.3 is 0 Å². The van der Waals surface area contributed by atoms with Crippen LogP contribution < -0.4 is 0 Å². The van der Waals surface area contributed by atoms with Crippen LogP contribution in [0.15, 0.2) is 30.6 Å². The van der Waals surface area contributed by atoms with Crippen molar-refractivity contribution < 1.29 is 4.92 Å². The maximum Gasteiger partial charge on any atom is 0.270 e. The molecule has 5 heteroatoms. The Bertz CT molecular complexity index is 672. The van der Waals surface area contributed by atoms with E-state index in [4.69, 9.17) is 0 Å². The third-order valence-corrected chi connectivity index (χ3v) is 4.41. The molecule has 2 aromatic rings. The quantitative estimate of drug-likeness (QED) is 0.632. The molecule has 5 nitrogen and oxygen atoms in total. The van der Waals surface area contributed by atoms with Gasteiger partial charge in [0.15, 0.2) is 0 Å². The summed E-state index contributed by atoms with van der Waals surface area (Å²) in [4.78, 5) is 15.1. The van der Waals surface area contributed by atoms with Gasteiger partial charge in [-0.15, -0.1) is 0 Å². The second-order valence-corrected chi connectivity index (χ2v) is 6.23. The van der Waals surface area contributed by atoms with Gasteiger partial charge < -0.3 is 4.57 Å². The summed E-state index contributed by atoms with van der Waals surface area (Å²) in [6.45, 7) is 8.63.